The number of esters is 1. The van der Waals surface area contributed by atoms with Crippen LogP contribution in [0.1, 0.15) is 34.2 Å². The van der Waals surface area contributed by atoms with E-state index in [0.717, 1.165) is 33.7 Å². The number of thioether (sulfide) groups is 2. The summed E-state index contributed by atoms with van der Waals surface area (Å²) in [7, 11) is 1.31. The van der Waals surface area contributed by atoms with Crippen molar-refractivity contribution < 1.29 is 24.0 Å². The molecular formula is C34H30N6O5S3. The van der Waals surface area contributed by atoms with Crippen LogP contribution >= 0.6 is 34.9 Å². The number of pyridine rings is 1. The average molecular weight is 699 g/mol. The number of oxime groups is 1. The Morgan fingerprint density at radius 2 is 1.81 bits per heavy atom. The number of rotatable bonds is 11. The van der Waals surface area contributed by atoms with Crippen LogP contribution < -0.4 is 11.1 Å². The summed E-state index contributed by atoms with van der Waals surface area (Å²) in [6.07, 6.45) is 2.94. The van der Waals surface area contributed by atoms with Crippen molar-refractivity contribution in [2.45, 2.75) is 24.4 Å². The Balaban J connectivity index is 1.29. The van der Waals surface area contributed by atoms with Crippen molar-refractivity contribution in [3.63, 3.8) is 0 Å². The molecule has 2 aliphatic heterocycles. The molecular weight excluding hydrogens is 669 g/mol. The Morgan fingerprint density at radius 1 is 1.10 bits per heavy atom. The van der Waals surface area contributed by atoms with Crippen LogP contribution in [0.5, 0.6) is 0 Å². The minimum absolute atomic E-state index is 0.117. The van der Waals surface area contributed by atoms with Gasteiger partial charge in [0.2, 0.25) is 0 Å². The monoisotopic (exact) mass is 698 g/mol. The molecule has 3 N–H and O–H groups in total. The van der Waals surface area contributed by atoms with E-state index < -0.39 is 35.3 Å². The Bertz CT molecular complexity index is 1860. The van der Waals surface area contributed by atoms with Gasteiger partial charge in [0.15, 0.2) is 16.9 Å². The normalized spacial score (nSPS) is 17.7. The third-order valence-electron chi connectivity index (χ3n) is 7.41. The number of amides is 2. The minimum Gasteiger partial charge on any atom is -0.448 e. The number of carbonyl (C=O) groups excluding carboxylic acids is 3. The van der Waals surface area contributed by atoms with E-state index >= 15 is 0 Å². The number of nitrogen functional groups attached to an aromatic ring is 1. The molecule has 2 atom stereocenters. The van der Waals surface area contributed by atoms with Crippen LogP contribution in [0.2, 0.25) is 0 Å². The van der Waals surface area contributed by atoms with Gasteiger partial charge in [-0.05, 0) is 41.2 Å². The zero-order chi connectivity index (χ0) is 33.6. The van der Waals surface area contributed by atoms with E-state index in [-0.39, 0.29) is 22.2 Å². The van der Waals surface area contributed by atoms with Gasteiger partial charge in [-0.3, -0.25) is 19.5 Å². The lowest BCUT2D eigenvalue weighted by molar-refractivity contribution is -0.154. The highest BCUT2D eigenvalue weighted by atomic mass is 32.2. The predicted octanol–water partition coefficient (Wildman–Crippen LogP) is 5.13. The number of β-lactam (4-membered cyclic amide) rings is 1. The molecule has 0 saturated carbocycles. The molecule has 2 amide bonds. The van der Waals surface area contributed by atoms with Crippen molar-refractivity contribution in [3.8, 4) is 0 Å². The van der Waals surface area contributed by atoms with Crippen LogP contribution in [0.3, 0.4) is 0 Å². The summed E-state index contributed by atoms with van der Waals surface area (Å²) >= 11 is 3.91. The van der Waals surface area contributed by atoms with Gasteiger partial charge in [-0.15, -0.1) is 23.1 Å². The predicted molar refractivity (Wildman–Crippen MR) is 189 cm³/mol. The molecule has 14 heteroatoms. The molecule has 6 rings (SSSR count). The molecule has 11 nitrogen and oxygen atoms in total. The van der Waals surface area contributed by atoms with Crippen molar-refractivity contribution in [2.75, 3.05) is 18.6 Å². The quantitative estimate of drug-likeness (QED) is 0.0935. The van der Waals surface area contributed by atoms with Gasteiger partial charge in [0.1, 0.15) is 29.9 Å². The van der Waals surface area contributed by atoms with E-state index in [0.29, 0.717) is 10.7 Å². The van der Waals surface area contributed by atoms with Gasteiger partial charge in [-0.25, -0.2) is 9.78 Å². The molecule has 0 spiro atoms. The fourth-order valence-electron chi connectivity index (χ4n) is 5.09. The van der Waals surface area contributed by atoms with Crippen LogP contribution in [0.4, 0.5) is 5.13 Å². The van der Waals surface area contributed by atoms with Crippen molar-refractivity contribution in [1.29, 1.82) is 0 Å². The fourth-order valence-corrected chi connectivity index (χ4v) is 7.99. The first-order chi connectivity index (χ1) is 23.3. The number of hydrogen-bond donors (Lipinski definition) is 2. The summed E-state index contributed by atoms with van der Waals surface area (Å²) in [5.41, 5.74) is 9.37. The summed E-state index contributed by atoms with van der Waals surface area (Å²) in [5.74, 6) is -1.36. The van der Waals surface area contributed by atoms with E-state index in [2.05, 4.69) is 20.4 Å². The molecule has 48 heavy (non-hydrogen) atoms. The van der Waals surface area contributed by atoms with Crippen LogP contribution in [0.15, 0.2) is 106 Å². The Kier molecular flexibility index (Phi) is 10.2. The number of fused-ring (bicyclic) bond motifs is 1. The number of carbonyl (C=O) groups is 3. The van der Waals surface area contributed by atoms with Crippen LogP contribution in [-0.4, -0.2) is 62.6 Å². The van der Waals surface area contributed by atoms with Gasteiger partial charge in [0.05, 0.1) is 0 Å². The van der Waals surface area contributed by atoms with Crippen molar-refractivity contribution in [1.82, 2.24) is 20.2 Å². The van der Waals surface area contributed by atoms with Crippen LogP contribution in [-0.2, 0) is 24.0 Å². The first-order valence-corrected chi connectivity index (χ1v) is 17.5. The Labute approximate surface area is 289 Å². The third-order valence-corrected chi connectivity index (χ3v) is 10.4. The second-order valence-corrected chi connectivity index (χ2v) is 13.6. The molecule has 2 aromatic carbocycles. The number of nitrogens with zero attached hydrogens (tertiary/aromatic N) is 4. The zero-order valence-corrected chi connectivity index (χ0v) is 28.3. The van der Waals surface area contributed by atoms with Gasteiger partial charge in [-0.1, -0.05) is 83.6 Å². The topological polar surface area (TPSA) is 149 Å². The number of hydrogen-bond acceptors (Lipinski definition) is 12. The van der Waals surface area contributed by atoms with Crippen molar-refractivity contribution in [3.05, 3.63) is 128 Å². The summed E-state index contributed by atoms with van der Waals surface area (Å²) in [4.78, 5) is 56.7. The van der Waals surface area contributed by atoms with E-state index in [1.54, 1.807) is 11.6 Å². The molecule has 0 bridgehead atoms. The van der Waals surface area contributed by atoms with Crippen LogP contribution in [0, 0.1) is 6.92 Å². The number of nitrogens with two attached hydrogens (primary N) is 1. The molecule has 244 valence electrons. The smallest absolute Gasteiger partial charge is 0.356 e. The summed E-state index contributed by atoms with van der Waals surface area (Å²) in [5, 5.41) is 9.70. The number of nitrogens with one attached hydrogen (secondary N) is 1. The second kappa shape index (κ2) is 14.9. The standard InChI is InChI=1S/C34H30N6O5S3/c1-20-13-14-21(17-36-20)15-16-46-25-19-47-32-27(38-30(41)26(39-44-2)24-18-48-34(35)37-24)31(42)40(32)28(25)33(43)45-29(22-9-5-3-6-10-22)23-11-7-4-8-12-23/h3-18,27,29,32H,19H2,1-2H3,(H2,35,37)(H,38,41)/b16-15-,39-26?/t27?,32-/m1/s1. The first kappa shape index (κ1) is 33.0. The maximum Gasteiger partial charge on any atom is 0.356 e. The average Bonchev–Trinajstić information content (AvgIpc) is 3.55. The SMILES string of the molecule is CON=C(C(=O)NC1C(=O)N2C(C(=O)OC(c3ccccc3)c3ccccc3)=C(S/C=C\c3ccc(C)nc3)CS[C@H]12)c1csc(N)n1. The fraction of sp³-hybridized carbons (Fsp3) is 0.176. The largest absolute Gasteiger partial charge is 0.448 e. The molecule has 1 saturated heterocycles. The molecule has 0 radical (unpaired) electrons. The highest BCUT2D eigenvalue weighted by Crippen LogP contribution is 2.45. The first-order valence-electron chi connectivity index (χ1n) is 14.7. The van der Waals surface area contributed by atoms with Crippen LogP contribution in [0.25, 0.3) is 6.08 Å². The zero-order valence-electron chi connectivity index (χ0n) is 25.8. The number of thiazole rings is 1. The number of aryl methyl sites for hydroxylation is 1. The van der Waals surface area contributed by atoms with Gasteiger partial charge >= 0.3 is 5.97 Å². The molecule has 2 aromatic heterocycles. The number of anilines is 1. The van der Waals surface area contributed by atoms with Gasteiger partial charge in [-0.2, -0.15) is 0 Å². The van der Waals surface area contributed by atoms with Gasteiger partial charge in [0, 0.05) is 27.9 Å². The molecule has 2 aliphatic rings. The lowest BCUT2D eigenvalue weighted by Gasteiger charge is -2.49. The summed E-state index contributed by atoms with van der Waals surface area (Å²) in [6, 6.07) is 21.8. The van der Waals surface area contributed by atoms with Gasteiger partial charge < -0.3 is 20.6 Å². The van der Waals surface area contributed by atoms with Gasteiger partial charge in [0.25, 0.3) is 11.8 Å². The molecule has 0 aliphatic carbocycles. The number of ether oxygens (including phenoxy) is 1. The van der Waals surface area contributed by atoms with Crippen molar-refractivity contribution >= 4 is 69.6 Å². The number of benzene rings is 2. The Hall–Kier alpha value is -4.92. The highest BCUT2D eigenvalue weighted by molar-refractivity contribution is 8.08. The molecule has 1 unspecified atom stereocenters. The minimum atomic E-state index is -0.928. The van der Waals surface area contributed by atoms with E-state index in [1.165, 1.54) is 35.5 Å². The molecule has 4 heterocycles. The Morgan fingerprint density at radius 3 is 2.42 bits per heavy atom. The highest BCUT2D eigenvalue weighted by Gasteiger charge is 2.55. The summed E-state index contributed by atoms with van der Waals surface area (Å²) < 4.78 is 6.23. The summed E-state index contributed by atoms with van der Waals surface area (Å²) in [6.45, 7) is 1.92. The van der Waals surface area contributed by atoms with E-state index in [9.17, 15) is 14.4 Å². The lowest BCUT2D eigenvalue weighted by Crippen LogP contribution is -2.71. The van der Waals surface area contributed by atoms with E-state index in [4.69, 9.17) is 15.3 Å². The lowest BCUT2D eigenvalue weighted by atomic mass is 10.0. The van der Waals surface area contributed by atoms with Crippen molar-refractivity contribution in [2.24, 2.45) is 5.16 Å². The molecule has 4 aromatic rings. The second-order valence-electron chi connectivity index (χ2n) is 10.6. The maximum atomic E-state index is 14.2. The van der Waals surface area contributed by atoms with E-state index in [1.807, 2.05) is 91.2 Å². The number of aromatic nitrogens is 2. The maximum absolute atomic E-state index is 14.2. The third kappa shape index (κ3) is 7.15. The molecule has 1 fully saturated rings.